The number of nitrogens with zero attached hydrogens (tertiary/aromatic N) is 3. The number of piperidine rings is 2. The fourth-order valence-electron chi connectivity index (χ4n) is 4.62. The Kier molecular flexibility index (Phi) is 4.89. The van der Waals surface area contributed by atoms with E-state index in [0.717, 1.165) is 69.3 Å². The summed E-state index contributed by atoms with van der Waals surface area (Å²) < 4.78 is 0. The van der Waals surface area contributed by atoms with E-state index in [-0.39, 0.29) is 17.2 Å². The summed E-state index contributed by atoms with van der Waals surface area (Å²) in [6, 6.07) is 5.65. The third-order valence-corrected chi connectivity index (χ3v) is 6.15. The van der Waals surface area contributed by atoms with Crippen LogP contribution >= 0.6 is 0 Å². The predicted molar refractivity (Wildman–Crippen MR) is 104 cm³/mol. The number of fused-ring (bicyclic) bond motifs is 1. The van der Waals surface area contributed by atoms with Crippen molar-refractivity contribution in [3.05, 3.63) is 30.1 Å². The number of aromatic amines is 1. The zero-order chi connectivity index (χ0) is 18.9. The Morgan fingerprint density at radius 1 is 1.30 bits per heavy atom. The Hall–Kier alpha value is -2.37. The average Bonchev–Trinajstić information content (AvgIpc) is 3.16. The Balaban J connectivity index is 1.49. The lowest BCUT2D eigenvalue weighted by atomic mass is 9.73. The second kappa shape index (κ2) is 7.33. The molecule has 3 heterocycles. The highest BCUT2D eigenvalue weighted by atomic mass is 16.2. The summed E-state index contributed by atoms with van der Waals surface area (Å²) in [4.78, 5) is 36.8. The topological polar surface area (TPSA) is 69.3 Å². The quantitative estimate of drug-likeness (QED) is 0.901. The molecule has 1 aromatic carbocycles. The smallest absolute Gasteiger partial charge is 0.253 e. The molecule has 1 aromatic heterocycles. The van der Waals surface area contributed by atoms with Gasteiger partial charge in [0, 0.05) is 43.6 Å². The maximum absolute atomic E-state index is 13.1. The molecule has 2 aromatic rings. The first kappa shape index (κ1) is 18.0. The minimum atomic E-state index is 0.0631. The van der Waals surface area contributed by atoms with Gasteiger partial charge < -0.3 is 14.8 Å². The van der Waals surface area contributed by atoms with Crippen molar-refractivity contribution >= 4 is 22.8 Å². The number of carbonyl (C=O) groups excluding carboxylic acids is 2. The van der Waals surface area contributed by atoms with Gasteiger partial charge in [-0.05, 0) is 43.9 Å². The van der Waals surface area contributed by atoms with Crippen molar-refractivity contribution in [2.75, 3.05) is 26.2 Å². The number of rotatable bonds is 4. The Bertz CT molecular complexity index is 846. The largest absolute Gasteiger partial charge is 0.345 e. The molecular weight excluding hydrogens is 340 g/mol. The standard InChI is InChI=1S/C21H28N4O2/c1-2-3-10-24-13-21(9-7-19(24)26)8-4-11-25(14-21)20(27)16-5-6-17-18(12-16)23-15-22-17/h5-6,12,15H,2-4,7-11,13-14H2,1H3,(H,22,23)/t21-/m0/s1. The van der Waals surface area contributed by atoms with Crippen molar-refractivity contribution in [2.24, 2.45) is 5.41 Å². The predicted octanol–water partition coefficient (Wildman–Crippen LogP) is 3.21. The lowest BCUT2D eigenvalue weighted by Gasteiger charge is -2.48. The SMILES string of the molecule is CCCCN1C[C@]2(CCCN(C(=O)c3ccc4nc[nH]c4c3)C2)CCC1=O. The summed E-state index contributed by atoms with van der Waals surface area (Å²) in [5.41, 5.74) is 2.53. The number of H-pyrrole nitrogens is 1. The summed E-state index contributed by atoms with van der Waals surface area (Å²) >= 11 is 0. The highest BCUT2D eigenvalue weighted by Gasteiger charge is 2.42. The van der Waals surface area contributed by atoms with Crippen molar-refractivity contribution < 1.29 is 9.59 Å². The molecular formula is C21H28N4O2. The van der Waals surface area contributed by atoms with Gasteiger partial charge in [0.15, 0.2) is 0 Å². The van der Waals surface area contributed by atoms with Crippen molar-refractivity contribution in [3.8, 4) is 0 Å². The highest BCUT2D eigenvalue weighted by molar-refractivity contribution is 5.97. The first-order valence-electron chi connectivity index (χ1n) is 10.1. The molecule has 0 aliphatic carbocycles. The van der Waals surface area contributed by atoms with Crippen molar-refractivity contribution in [1.82, 2.24) is 19.8 Å². The molecule has 0 unspecified atom stereocenters. The monoisotopic (exact) mass is 368 g/mol. The molecule has 1 atom stereocenters. The van der Waals surface area contributed by atoms with Gasteiger partial charge in [0.2, 0.25) is 5.91 Å². The third kappa shape index (κ3) is 3.57. The molecule has 6 heteroatoms. The van der Waals surface area contributed by atoms with Crippen LogP contribution in [0.25, 0.3) is 11.0 Å². The summed E-state index contributed by atoms with van der Waals surface area (Å²) in [6.45, 7) is 5.35. The second-order valence-electron chi connectivity index (χ2n) is 8.13. The number of likely N-dealkylation sites (tertiary alicyclic amines) is 2. The van der Waals surface area contributed by atoms with Crippen LogP contribution in [0.4, 0.5) is 0 Å². The van der Waals surface area contributed by atoms with E-state index in [4.69, 9.17) is 0 Å². The van der Waals surface area contributed by atoms with Crippen molar-refractivity contribution in [2.45, 2.75) is 45.4 Å². The van der Waals surface area contributed by atoms with E-state index in [0.29, 0.717) is 12.0 Å². The summed E-state index contributed by atoms with van der Waals surface area (Å²) in [6.07, 6.45) is 7.43. The number of imidazole rings is 1. The number of nitrogens with one attached hydrogen (secondary N) is 1. The van der Waals surface area contributed by atoms with Crippen LogP contribution < -0.4 is 0 Å². The van der Waals surface area contributed by atoms with Gasteiger partial charge in [-0.2, -0.15) is 0 Å². The number of benzene rings is 1. The van der Waals surface area contributed by atoms with Gasteiger partial charge in [-0.3, -0.25) is 9.59 Å². The minimum Gasteiger partial charge on any atom is -0.345 e. The van der Waals surface area contributed by atoms with Gasteiger partial charge >= 0.3 is 0 Å². The van der Waals surface area contributed by atoms with Gasteiger partial charge in [0.05, 0.1) is 17.4 Å². The van der Waals surface area contributed by atoms with Crippen molar-refractivity contribution in [1.29, 1.82) is 0 Å². The number of aromatic nitrogens is 2. The molecule has 4 rings (SSSR count). The van der Waals surface area contributed by atoms with Crippen LogP contribution in [0.2, 0.25) is 0 Å². The molecule has 2 aliphatic heterocycles. The van der Waals surface area contributed by atoms with E-state index in [1.807, 2.05) is 28.0 Å². The lowest BCUT2D eigenvalue weighted by Crippen LogP contribution is -2.55. The molecule has 6 nitrogen and oxygen atoms in total. The summed E-state index contributed by atoms with van der Waals surface area (Å²) in [5, 5.41) is 0. The number of hydrogen-bond acceptors (Lipinski definition) is 3. The van der Waals surface area contributed by atoms with Crippen LogP contribution in [-0.2, 0) is 4.79 Å². The number of hydrogen-bond donors (Lipinski definition) is 1. The van der Waals surface area contributed by atoms with Gasteiger partial charge in [-0.25, -0.2) is 4.98 Å². The first-order valence-corrected chi connectivity index (χ1v) is 10.1. The van der Waals surface area contributed by atoms with Gasteiger partial charge in [0.1, 0.15) is 0 Å². The van der Waals surface area contributed by atoms with E-state index in [2.05, 4.69) is 16.9 Å². The van der Waals surface area contributed by atoms with Crippen LogP contribution in [0.15, 0.2) is 24.5 Å². The molecule has 2 amide bonds. The summed E-state index contributed by atoms with van der Waals surface area (Å²) in [5.74, 6) is 0.366. The first-order chi connectivity index (χ1) is 13.1. The molecule has 0 radical (unpaired) electrons. The number of unbranched alkanes of at least 4 members (excludes halogenated alkanes) is 1. The number of carbonyl (C=O) groups is 2. The Morgan fingerprint density at radius 3 is 3.04 bits per heavy atom. The van der Waals surface area contributed by atoms with Crippen LogP contribution in [-0.4, -0.2) is 57.8 Å². The molecule has 1 N–H and O–H groups in total. The van der Waals surface area contributed by atoms with E-state index in [1.165, 1.54) is 0 Å². The van der Waals surface area contributed by atoms with Crippen LogP contribution in [0.1, 0.15) is 55.8 Å². The van der Waals surface area contributed by atoms with Crippen molar-refractivity contribution in [3.63, 3.8) is 0 Å². The maximum atomic E-state index is 13.1. The fourth-order valence-corrected chi connectivity index (χ4v) is 4.62. The molecule has 1 spiro atoms. The zero-order valence-electron chi connectivity index (χ0n) is 16.0. The van der Waals surface area contributed by atoms with Crippen LogP contribution in [0.3, 0.4) is 0 Å². The second-order valence-corrected chi connectivity index (χ2v) is 8.13. The normalized spacial score (nSPS) is 23.4. The molecule has 0 bridgehead atoms. The van der Waals surface area contributed by atoms with Crippen LogP contribution in [0.5, 0.6) is 0 Å². The van der Waals surface area contributed by atoms with E-state index < -0.39 is 0 Å². The van der Waals surface area contributed by atoms with Gasteiger partial charge in [-0.15, -0.1) is 0 Å². The lowest BCUT2D eigenvalue weighted by molar-refractivity contribution is -0.139. The zero-order valence-corrected chi connectivity index (χ0v) is 16.0. The Morgan fingerprint density at radius 2 is 2.19 bits per heavy atom. The molecule has 27 heavy (non-hydrogen) atoms. The van der Waals surface area contributed by atoms with Gasteiger partial charge in [-0.1, -0.05) is 13.3 Å². The minimum absolute atomic E-state index is 0.0631. The van der Waals surface area contributed by atoms with E-state index in [9.17, 15) is 9.59 Å². The highest BCUT2D eigenvalue weighted by Crippen LogP contribution is 2.39. The van der Waals surface area contributed by atoms with E-state index in [1.54, 1.807) is 6.33 Å². The molecule has 0 saturated carbocycles. The van der Waals surface area contributed by atoms with Crippen LogP contribution in [0, 0.1) is 5.41 Å². The molecule has 2 saturated heterocycles. The average molecular weight is 368 g/mol. The molecule has 2 aliphatic rings. The molecule has 2 fully saturated rings. The van der Waals surface area contributed by atoms with E-state index >= 15 is 0 Å². The maximum Gasteiger partial charge on any atom is 0.253 e. The van der Waals surface area contributed by atoms with Gasteiger partial charge in [0.25, 0.3) is 5.91 Å². The Labute approximate surface area is 159 Å². The number of amides is 2. The molecule has 144 valence electrons. The fraction of sp³-hybridized carbons (Fsp3) is 0.571. The summed E-state index contributed by atoms with van der Waals surface area (Å²) in [7, 11) is 0. The third-order valence-electron chi connectivity index (χ3n) is 6.15.